The fourth-order valence-electron chi connectivity index (χ4n) is 10.1. The average molecular weight is 461 g/mol. The van der Waals surface area contributed by atoms with Gasteiger partial charge in [0, 0.05) is 18.8 Å². The first-order chi connectivity index (χ1) is 15.8. The molecule has 0 aromatic heterocycles. The molecule has 5 aliphatic rings. The van der Waals surface area contributed by atoms with Crippen molar-refractivity contribution in [1.82, 2.24) is 0 Å². The van der Waals surface area contributed by atoms with E-state index in [1.807, 2.05) is 0 Å². The third-order valence-corrected chi connectivity index (χ3v) is 12.0. The number of nitrogens with two attached hydrogens (primary N) is 1. The Morgan fingerprint density at radius 1 is 0.970 bits per heavy atom. The molecule has 0 radical (unpaired) electrons. The van der Waals surface area contributed by atoms with Crippen LogP contribution in [0.4, 0.5) is 0 Å². The highest BCUT2D eigenvalue weighted by Crippen LogP contribution is 2.68. The van der Waals surface area contributed by atoms with E-state index in [1.165, 1.54) is 38.5 Å². The molecule has 0 bridgehead atoms. The lowest BCUT2D eigenvalue weighted by Crippen LogP contribution is -2.68. The van der Waals surface area contributed by atoms with Crippen LogP contribution in [0.2, 0.25) is 0 Å². The van der Waals surface area contributed by atoms with E-state index < -0.39 is 0 Å². The molecule has 5 fully saturated rings. The molecule has 5 heteroatoms. The number of fused-ring (bicyclic) bond motifs is 5. The smallest absolute Gasteiger partial charge is 0.0949 e. The summed E-state index contributed by atoms with van der Waals surface area (Å²) in [4.78, 5) is 11.6. The number of hydrogen-bond acceptors (Lipinski definition) is 5. The van der Waals surface area contributed by atoms with Gasteiger partial charge in [0.05, 0.1) is 12.1 Å². The molecule has 4 saturated carbocycles. The molecule has 3 N–H and O–H groups in total. The van der Waals surface area contributed by atoms with Crippen LogP contribution >= 0.6 is 0 Å². The Hall–Kier alpha value is -0.520. The van der Waals surface area contributed by atoms with E-state index in [1.54, 1.807) is 0 Å². The predicted octanol–water partition coefficient (Wildman–Crippen LogP) is 5.82. The van der Waals surface area contributed by atoms with Crippen molar-refractivity contribution in [3.05, 3.63) is 4.91 Å². The maximum absolute atomic E-state index is 11.6. The Morgan fingerprint density at radius 3 is 2.45 bits per heavy atom. The van der Waals surface area contributed by atoms with Crippen LogP contribution in [0, 0.1) is 45.3 Å². The van der Waals surface area contributed by atoms with Gasteiger partial charge in [0.2, 0.25) is 0 Å². The SMILES string of the molecule is CC12CCC3C4(C)CCC(O)CC4CCC3(N)C1CCC2CCCC(N=O)C1CCOCC1. The standard InChI is InChI=1S/C28H48N2O3/c1-26-14-10-25-27(2)13-9-22(31)18-21(27)8-15-28(25,29)24(26)7-6-20(26)4-3-5-23(30-32)19-11-16-33-17-12-19/h19-25,31H,3-18,29H2,1-2H3. The molecule has 33 heavy (non-hydrogen) atoms. The van der Waals surface area contributed by atoms with Crippen LogP contribution in [0.3, 0.4) is 0 Å². The molecule has 5 rings (SSSR count). The number of aliphatic hydroxyl groups excluding tert-OH is 1. The summed E-state index contributed by atoms with van der Waals surface area (Å²) in [6, 6.07) is -0.0210. The van der Waals surface area contributed by atoms with Crippen molar-refractivity contribution in [3.8, 4) is 0 Å². The summed E-state index contributed by atoms with van der Waals surface area (Å²) in [7, 11) is 0. The van der Waals surface area contributed by atoms with Crippen molar-refractivity contribution in [1.29, 1.82) is 0 Å². The van der Waals surface area contributed by atoms with Crippen LogP contribution in [0.1, 0.15) is 104 Å². The van der Waals surface area contributed by atoms with E-state index in [9.17, 15) is 10.0 Å². The summed E-state index contributed by atoms with van der Waals surface area (Å²) in [5, 5.41) is 13.9. The van der Waals surface area contributed by atoms with Crippen LogP contribution in [-0.2, 0) is 4.74 Å². The van der Waals surface area contributed by atoms with E-state index in [-0.39, 0.29) is 17.7 Å². The van der Waals surface area contributed by atoms with Crippen LogP contribution < -0.4 is 5.73 Å². The van der Waals surface area contributed by atoms with E-state index >= 15 is 0 Å². The third-order valence-electron chi connectivity index (χ3n) is 12.0. The minimum atomic E-state index is -0.0936. The first-order valence-electron chi connectivity index (χ1n) is 14.2. The molecule has 1 saturated heterocycles. The molecule has 0 aromatic carbocycles. The largest absolute Gasteiger partial charge is 0.393 e. The zero-order chi connectivity index (χ0) is 23.3. The molecule has 188 valence electrons. The van der Waals surface area contributed by atoms with Crippen LogP contribution in [0.25, 0.3) is 0 Å². The second-order valence-electron chi connectivity index (χ2n) is 13.3. The molecule has 0 amide bonds. The topological polar surface area (TPSA) is 84.9 Å². The number of hydrogen-bond donors (Lipinski definition) is 2. The second kappa shape index (κ2) is 9.17. The number of nitrogens with zero attached hydrogens (tertiary/aromatic N) is 1. The van der Waals surface area contributed by atoms with Crippen LogP contribution in [0.15, 0.2) is 5.18 Å². The Morgan fingerprint density at radius 2 is 1.70 bits per heavy atom. The van der Waals surface area contributed by atoms with Crippen molar-refractivity contribution >= 4 is 0 Å². The summed E-state index contributed by atoms with van der Waals surface area (Å²) in [5.41, 5.74) is 8.14. The quantitative estimate of drug-likeness (QED) is 0.489. The molecule has 0 aromatic rings. The highest BCUT2D eigenvalue weighted by molar-refractivity contribution is 5.18. The first kappa shape index (κ1) is 24.2. The maximum atomic E-state index is 11.6. The highest BCUT2D eigenvalue weighted by atomic mass is 16.5. The second-order valence-corrected chi connectivity index (χ2v) is 13.3. The van der Waals surface area contributed by atoms with Gasteiger partial charge in [0.15, 0.2) is 0 Å². The molecule has 9 unspecified atom stereocenters. The number of ether oxygens (including phenoxy) is 1. The zero-order valence-corrected chi connectivity index (χ0v) is 21.1. The van der Waals surface area contributed by atoms with Gasteiger partial charge in [-0.2, -0.15) is 4.91 Å². The van der Waals surface area contributed by atoms with Crippen molar-refractivity contribution in [2.45, 2.75) is 121 Å². The van der Waals surface area contributed by atoms with Gasteiger partial charge in [-0.25, -0.2) is 0 Å². The molecule has 4 aliphatic carbocycles. The van der Waals surface area contributed by atoms with Gasteiger partial charge in [-0.05, 0) is 124 Å². The highest BCUT2D eigenvalue weighted by Gasteiger charge is 2.65. The van der Waals surface area contributed by atoms with Gasteiger partial charge in [-0.3, -0.25) is 0 Å². The summed E-state index contributed by atoms with van der Waals surface area (Å²) >= 11 is 0. The fraction of sp³-hybridized carbons (Fsp3) is 1.00. The average Bonchev–Trinajstić information content (AvgIpc) is 3.15. The molecular formula is C28H48N2O3. The lowest BCUT2D eigenvalue weighted by atomic mass is 9.42. The minimum absolute atomic E-state index is 0.0210. The summed E-state index contributed by atoms with van der Waals surface area (Å²) in [5.74, 6) is 3.07. The zero-order valence-electron chi connectivity index (χ0n) is 21.1. The van der Waals surface area contributed by atoms with E-state index in [4.69, 9.17) is 10.5 Å². The van der Waals surface area contributed by atoms with Gasteiger partial charge >= 0.3 is 0 Å². The van der Waals surface area contributed by atoms with Crippen molar-refractivity contribution < 1.29 is 9.84 Å². The van der Waals surface area contributed by atoms with E-state index in [0.717, 1.165) is 70.5 Å². The van der Waals surface area contributed by atoms with Gasteiger partial charge in [0.25, 0.3) is 0 Å². The summed E-state index contributed by atoms with van der Waals surface area (Å²) in [6.45, 7) is 6.66. The molecule has 9 atom stereocenters. The number of nitroso groups, excluding NO2 is 1. The van der Waals surface area contributed by atoms with Gasteiger partial charge < -0.3 is 15.6 Å². The van der Waals surface area contributed by atoms with Crippen molar-refractivity contribution in [2.75, 3.05) is 13.2 Å². The Bertz CT molecular complexity index is 711. The summed E-state index contributed by atoms with van der Waals surface area (Å²) < 4.78 is 5.48. The Balaban J connectivity index is 1.24. The van der Waals surface area contributed by atoms with Gasteiger partial charge in [0.1, 0.15) is 0 Å². The minimum Gasteiger partial charge on any atom is -0.393 e. The van der Waals surface area contributed by atoms with E-state index in [0.29, 0.717) is 34.5 Å². The maximum Gasteiger partial charge on any atom is 0.0949 e. The number of rotatable bonds is 6. The number of aliphatic hydroxyl groups is 1. The Kier molecular flexibility index (Phi) is 6.72. The first-order valence-corrected chi connectivity index (χ1v) is 14.2. The molecule has 0 spiro atoms. The van der Waals surface area contributed by atoms with Crippen molar-refractivity contribution in [3.63, 3.8) is 0 Å². The van der Waals surface area contributed by atoms with E-state index in [2.05, 4.69) is 19.0 Å². The lowest BCUT2D eigenvalue weighted by Gasteiger charge is -2.65. The van der Waals surface area contributed by atoms with Gasteiger partial charge in [-0.15, -0.1) is 0 Å². The lowest BCUT2D eigenvalue weighted by molar-refractivity contribution is -0.139. The third kappa shape index (κ3) is 4.02. The monoisotopic (exact) mass is 460 g/mol. The molecule has 5 nitrogen and oxygen atoms in total. The predicted molar refractivity (Wildman–Crippen MR) is 132 cm³/mol. The van der Waals surface area contributed by atoms with Crippen LogP contribution in [-0.4, -0.2) is 36.0 Å². The molecule has 1 heterocycles. The van der Waals surface area contributed by atoms with Crippen LogP contribution in [0.5, 0.6) is 0 Å². The Labute approximate surface area is 201 Å². The fourth-order valence-corrected chi connectivity index (χ4v) is 10.1. The normalized spacial score (nSPS) is 49.0. The molecule has 1 aliphatic heterocycles. The van der Waals surface area contributed by atoms with Crippen molar-refractivity contribution in [2.24, 2.45) is 51.3 Å². The van der Waals surface area contributed by atoms with Gasteiger partial charge in [-0.1, -0.05) is 25.4 Å². The molecular weight excluding hydrogens is 412 g/mol. The summed E-state index contributed by atoms with van der Waals surface area (Å²) in [6.07, 6.45) is 15.8.